The summed E-state index contributed by atoms with van der Waals surface area (Å²) in [6, 6.07) is 8.20. The lowest BCUT2D eigenvalue weighted by molar-refractivity contribution is -0.131. The number of amides is 1. The van der Waals surface area contributed by atoms with E-state index in [1.54, 1.807) is 0 Å². The molecule has 0 bridgehead atoms. The molecule has 1 aromatic carbocycles. The van der Waals surface area contributed by atoms with Gasteiger partial charge in [-0.05, 0) is 25.0 Å². The van der Waals surface area contributed by atoms with E-state index in [9.17, 15) is 4.79 Å². The van der Waals surface area contributed by atoms with Gasteiger partial charge >= 0.3 is 0 Å². The maximum absolute atomic E-state index is 12.1. The average molecular weight is 337 g/mol. The van der Waals surface area contributed by atoms with Gasteiger partial charge < -0.3 is 10.2 Å². The van der Waals surface area contributed by atoms with Crippen LogP contribution in [0.2, 0.25) is 0 Å². The summed E-state index contributed by atoms with van der Waals surface area (Å²) in [6.45, 7) is 0. The largest absolute Gasteiger partial charge is 0.382 e. The normalized spacial score (nSPS) is 22.4. The highest BCUT2D eigenvalue weighted by molar-refractivity contribution is 9.10. The molecule has 1 atom stereocenters. The Labute approximate surface area is 126 Å². The van der Waals surface area contributed by atoms with E-state index in [-0.39, 0.29) is 5.91 Å². The molecule has 5 heteroatoms. The van der Waals surface area contributed by atoms with Crippen molar-refractivity contribution in [1.82, 2.24) is 5.32 Å². The van der Waals surface area contributed by atoms with Gasteiger partial charge in [0.25, 0.3) is 5.91 Å². The predicted octanol–water partition coefficient (Wildman–Crippen LogP) is 3.00. The van der Waals surface area contributed by atoms with E-state index >= 15 is 0 Å². The first kappa shape index (κ1) is 13.6. The molecular formula is C15H17BrN2O2. The molecule has 1 aromatic rings. The first-order chi connectivity index (χ1) is 9.72. The van der Waals surface area contributed by atoms with Gasteiger partial charge in [-0.2, -0.15) is 0 Å². The Morgan fingerprint density at radius 3 is 2.90 bits per heavy atom. The minimum absolute atomic E-state index is 0.0364. The molecule has 1 aliphatic carbocycles. The molecule has 1 unspecified atom stereocenters. The van der Waals surface area contributed by atoms with Crippen LogP contribution in [0.15, 0.2) is 33.9 Å². The van der Waals surface area contributed by atoms with Crippen molar-refractivity contribution in [2.24, 2.45) is 5.16 Å². The molecule has 0 saturated heterocycles. The van der Waals surface area contributed by atoms with Gasteiger partial charge in [0.05, 0.1) is 5.71 Å². The number of oxime groups is 1. The van der Waals surface area contributed by atoms with Gasteiger partial charge in [-0.25, -0.2) is 0 Å². The molecule has 4 nitrogen and oxygen atoms in total. The number of halogens is 1. The molecule has 0 spiro atoms. The third-order valence-corrected chi connectivity index (χ3v) is 4.31. The number of hydrogen-bond acceptors (Lipinski definition) is 3. The zero-order valence-electron chi connectivity index (χ0n) is 11.1. The summed E-state index contributed by atoms with van der Waals surface area (Å²) in [4.78, 5) is 17.4. The van der Waals surface area contributed by atoms with Crippen molar-refractivity contribution in [2.45, 2.75) is 44.2 Å². The predicted molar refractivity (Wildman–Crippen MR) is 80.6 cm³/mol. The average Bonchev–Trinajstić information content (AvgIpc) is 3.09. The molecule has 1 fully saturated rings. The van der Waals surface area contributed by atoms with Gasteiger partial charge in [-0.1, -0.05) is 46.1 Å². The number of carbonyl (C=O) groups excluding carboxylic acids is 1. The fourth-order valence-electron chi connectivity index (χ4n) is 2.72. The molecule has 2 aliphatic rings. The highest BCUT2D eigenvalue weighted by atomic mass is 79.9. The third kappa shape index (κ3) is 3.03. The van der Waals surface area contributed by atoms with Crippen LogP contribution in [-0.2, 0) is 9.63 Å². The van der Waals surface area contributed by atoms with Gasteiger partial charge in [-0.3, -0.25) is 4.79 Å². The molecule has 1 aliphatic heterocycles. The van der Waals surface area contributed by atoms with E-state index in [0.717, 1.165) is 28.6 Å². The van der Waals surface area contributed by atoms with Crippen LogP contribution in [0.3, 0.4) is 0 Å². The topological polar surface area (TPSA) is 50.7 Å². The molecule has 3 rings (SSSR count). The number of benzene rings is 1. The van der Waals surface area contributed by atoms with E-state index < -0.39 is 6.10 Å². The van der Waals surface area contributed by atoms with E-state index in [2.05, 4.69) is 26.4 Å². The lowest BCUT2D eigenvalue weighted by atomic mass is 10.0. The quantitative estimate of drug-likeness (QED) is 0.922. The summed E-state index contributed by atoms with van der Waals surface area (Å²) in [5.41, 5.74) is 1.83. The van der Waals surface area contributed by atoms with Gasteiger partial charge in [0.15, 0.2) is 0 Å². The fourth-order valence-corrected chi connectivity index (χ4v) is 3.12. The molecule has 0 radical (unpaired) electrons. The Hall–Kier alpha value is -1.36. The number of nitrogens with zero attached hydrogens (tertiary/aromatic N) is 1. The van der Waals surface area contributed by atoms with E-state index in [1.807, 2.05) is 24.3 Å². The number of hydrogen-bond donors (Lipinski definition) is 1. The third-order valence-electron chi connectivity index (χ3n) is 3.82. The second kappa shape index (κ2) is 5.95. The highest BCUT2D eigenvalue weighted by Crippen LogP contribution is 2.21. The van der Waals surface area contributed by atoms with Crippen LogP contribution in [-0.4, -0.2) is 23.8 Å². The molecule has 106 valence electrons. The first-order valence-electron chi connectivity index (χ1n) is 7.01. The number of nitrogens with one attached hydrogen (secondary N) is 1. The van der Waals surface area contributed by atoms with Gasteiger partial charge in [0.2, 0.25) is 6.10 Å². The van der Waals surface area contributed by atoms with E-state index in [1.165, 1.54) is 12.8 Å². The van der Waals surface area contributed by atoms with Crippen LogP contribution < -0.4 is 5.32 Å². The fraction of sp³-hybridized carbons (Fsp3) is 0.467. The Morgan fingerprint density at radius 1 is 1.35 bits per heavy atom. The summed E-state index contributed by atoms with van der Waals surface area (Å²) in [5, 5.41) is 7.12. The summed E-state index contributed by atoms with van der Waals surface area (Å²) in [6.07, 6.45) is 4.63. The smallest absolute Gasteiger partial charge is 0.264 e. The zero-order chi connectivity index (χ0) is 13.9. The SMILES string of the molecule is O=C(NC1CCCC1)C1CC(c2cccc(Br)c2)=NO1. The monoisotopic (exact) mass is 336 g/mol. The van der Waals surface area contributed by atoms with Crippen LogP contribution in [0, 0.1) is 0 Å². The van der Waals surface area contributed by atoms with E-state index in [4.69, 9.17) is 4.84 Å². The van der Waals surface area contributed by atoms with Crippen LogP contribution in [0.4, 0.5) is 0 Å². The van der Waals surface area contributed by atoms with Crippen molar-refractivity contribution in [3.05, 3.63) is 34.3 Å². The summed E-state index contributed by atoms with van der Waals surface area (Å²) >= 11 is 3.44. The minimum atomic E-state index is -0.482. The highest BCUT2D eigenvalue weighted by Gasteiger charge is 2.30. The van der Waals surface area contributed by atoms with Crippen LogP contribution >= 0.6 is 15.9 Å². The molecular weight excluding hydrogens is 320 g/mol. The summed E-state index contributed by atoms with van der Waals surface area (Å²) in [7, 11) is 0. The molecule has 1 heterocycles. The van der Waals surface area contributed by atoms with Crippen molar-refractivity contribution >= 4 is 27.5 Å². The summed E-state index contributed by atoms with van der Waals surface area (Å²) < 4.78 is 0.997. The Morgan fingerprint density at radius 2 is 2.15 bits per heavy atom. The lowest BCUT2D eigenvalue weighted by Gasteiger charge is -2.14. The Bertz CT molecular complexity index is 538. The second-order valence-electron chi connectivity index (χ2n) is 5.34. The van der Waals surface area contributed by atoms with Gasteiger partial charge in [0.1, 0.15) is 0 Å². The first-order valence-corrected chi connectivity index (χ1v) is 7.81. The van der Waals surface area contributed by atoms with Crippen molar-refractivity contribution < 1.29 is 9.63 Å². The maximum atomic E-state index is 12.1. The molecule has 20 heavy (non-hydrogen) atoms. The molecule has 1 amide bonds. The van der Waals surface area contributed by atoms with Gasteiger partial charge in [-0.15, -0.1) is 0 Å². The van der Waals surface area contributed by atoms with Gasteiger partial charge in [0, 0.05) is 22.5 Å². The van der Waals surface area contributed by atoms with Crippen LogP contribution in [0.25, 0.3) is 0 Å². The van der Waals surface area contributed by atoms with Crippen LogP contribution in [0.5, 0.6) is 0 Å². The molecule has 1 N–H and O–H groups in total. The summed E-state index contributed by atoms with van der Waals surface area (Å²) in [5.74, 6) is -0.0364. The van der Waals surface area contributed by atoms with Crippen molar-refractivity contribution in [1.29, 1.82) is 0 Å². The number of carbonyl (C=O) groups is 1. The number of rotatable bonds is 3. The Balaban J connectivity index is 1.59. The molecule has 1 saturated carbocycles. The second-order valence-corrected chi connectivity index (χ2v) is 6.25. The van der Waals surface area contributed by atoms with Crippen molar-refractivity contribution in [3.8, 4) is 0 Å². The van der Waals surface area contributed by atoms with Crippen LogP contribution in [0.1, 0.15) is 37.7 Å². The molecule has 0 aromatic heterocycles. The minimum Gasteiger partial charge on any atom is -0.382 e. The Kier molecular flexibility index (Phi) is 4.05. The lowest BCUT2D eigenvalue weighted by Crippen LogP contribution is -2.40. The van der Waals surface area contributed by atoms with Crippen molar-refractivity contribution in [2.75, 3.05) is 0 Å². The van der Waals surface area contributed by atoms with Crippen molar-refractivity contribution in [3.63, 3.8) is 0 Å². The zero-order valence-corrected chi connectivity index (χ0v) is 12.7. The maximum Gasteiger partial charge on any atom is 0.264 e. The van der Waals surface area contributed by atoms with E-state index in [0.29, 0.717) is 12.5 Å². The standard InChI is InChI=1S/C15H17BrN2O2/c16-11-5-3-4-10(8-11)13-9-14(20-18-13)15(19)17-12-6-1-2-7-12/h3-5,8,12,14H,1-2,6-7,9H2,(H,17,19).